The van der Waals surface area contributed by atoms with Crippen molar-refractivity contribution in [2.75, 3.05) is 19.0 Å². The van der Waals surface area contributed by atoms with Crippen LogP contribution in [0.5, 0.6) is 11.5 Å². The van der Waals surface area contributed by atoms with Crippen molar-refractivity contribution in [2.24, 2.45) is 0 Å². The first-order valence-electron chi connectivity index (χ1n) is 9.76. The van der Waals surface area contributed by atoms with Gasteiger partial charge in [-0.1, -0.05) is 30.3 Å². The highest BCUT2D eigenvalue weighted by Crippen LogP contribution is 2.32. The van der Waals surface area contributed by atoms with Gasteiger partial charge in [-0.15, -0.1) is 0 Å². The van der Waals surface area contributed by atoms with Gasteiger partial charge in [-0.2, -0.15) is 0 Å². The van der Waals surface area contributed by atoms with Crippen LogP contribution in [0, 0.1) is 0 Å². The first-order valence-corrected chi connectivity index (χ1v) is 9.76. The summed E-state index contributed by atoms with van der Waals surface area (Å²) in [5, 5.41) is 3.79. The number of hydrogen-bond donors (Lipinski definition) is 1. The smallest absolute Gasteiger partial charge is 0.255 e. The molecule has 0 saturated heterocycles. The fraction of sp³-hybridized carbons (Fsp3) is 0.120. The Hall–Kier alpha value is -3.86. The summed E-state index contributed by atoms with van der Waals surface area (Å²) < 4.78 is 11.0. The fourth-order valence-electron chi connectivity index (χ4n) is 3.25. The van der Waals surface area contributed by atoms with Gasteiger partial charge in [0, 0.05) is 28.3 Å². The molecule has 0 aliphatic heterocycles. The maximum atomic E-state index is 12.6. The van der Waals surface area contributed by atoms with Gasteiger partial charge in [-0.05, 0) is 49.4 Å². The van der Waals surface area contributed by atoms with Crippen molar-refractivity contribution < 1.29 is 14.3 Å². The third-order valence-corrected chi connectivity index (χ3v) is 4.75. The molecule has 4 rings (SSSR count). The van der Waals surface area contributed by atoms with Crippen LogP contribution in [-0.2, 0) is 0 Å². The van der Waals surface area contributed by atoms with Crippen LogP contribution in [0.25, 0.3) is 22.2 Å². The molecule has 150 valence electrons. The highest BCUT2D eigenvalue weighted by Gasteiger charge is 2.11. The zero-order valence-corrected chi connectivity index (χ0v) is 16.9. The van der Waals surface area contributed by atoms with Crippen LogP contribution in [0.1, 0.15) is 17.3 Å². The minimum Gasteiger partial charge on any atom is -0.497 e. The van der Waals surface area contributed by atoms with Crippen molar-refractivity contribution in [1.29, 1.82) is 0 Å². The molecule has 0 spiro atoms. The molecule has 1 N–H and O–H groups in total. The van der Waals surface area contributed by atoms with Gasteiger partial charge in [0.1, 0.15) is 11.5 Å². The molecule has 0 radical (unpaired) electrons. The molecule has 0 unspecified atom stereocenters. The largest absolute Gasteiger partial charge is 0.497 e. The summed E-state index contributed by atoms with van der Waals surface area (Å²) in [4.78, 5) is 17.4. The minimum atomic E-state index is -0.191. The van der Waals surface area contributed by atoms with Crippen molar-refractivity contribution in [1.82, 2.24) is 4.98 Å². The number of fused-ring (bicyclic) bond motifs is 1. The molecule has 1 amide bonds. The van der Waals surface area contributed by atoms with E-state index in [2.05, 4.69) is 5.32 Å². The summed E-state index contributed by atoms with van der Waals surface area (Å²) in [7, 11) is 1.59. The predicted octanol–water partition coefficient (Wildman–Crippen LogP) is 5.56. The van der Waals surface area contributed by atoms with Crippen LogP contribution in [0.3, 0.4) is 0 Å². The number of anilines is 1. The van der Waals surface area contributed by atoms with E-state index in [1.165, 1.54) is 0 Å². The Morgan fingerprint density at radius 3 is 2.43 bits per heavy atom. The van der Waals surface area contributed by atoms with Gasteiger partial charge >= 0.3 is 0 Å². The lowest BCUT2D eigenvalue weighted by molar-refractivity contribution is 0.102. The van der Waals surface area contributed by atoms with Crippen LogP contribution in [-0.4, -0.2) is 24.6 Å². The lowest BCUT2D eigenvalue weighted by atomic mass is 10.1. The molecule has 1 aromatic heterocycles. The average molecular weight is 398 g/mol. The number of aromatic nitrogens is 1. The van der Waals surface area contributed by atoms with E-state index in [1.807, 2.05) is 61.5 Å². The molecule has 30 heavy (non-hydrogen) atoms. The number of pyridine rings is 1. The third-order valence-electron chi connectivity index (χ3n) is 4.75. The number of carbonyl (C=O) groups excluding carboxylic acids is 1. The molecule has 0 aliphatic carbocycles. The first kappa shape index (κ1) is 19.5. The van der Waals surface area contributed by atoms with Gasteiger partial charge in [0.2, 0.25) is 0 Å². The van der Waals surface area contributed by atoms with Crippen LogP contribution < -0.4 is 14.8 Å². The molecule has 0 atom stereocenters. The van der Waals surface area contributed by atoms with E-state index in [4.69, 9.17) is 14.5 Å². The number of amides is 1. The molecule has 0 aliphatic rings. The number of nitrogens with one attached hydrogen (secondary N) is 1. The van der Waals surface area contributed by atoms with Crippen molar-refractivity contribution in [3.8, 4) is 22.8 Å². The van der Waals surface area contributed by atoms with Crippen molar-refractivity contribution in [3.05, 3.63) is 84.4 Å². The quantitative estimate of drug-likeness (QED) is 0.462. The Balaban J connectivity index is 1.67. The standard InChI is InChI=1S/C25H22N2O3/c1-3-30-24-16-23(17-7-5-4-6-8-17)27-22-14-11-19(15-21(22)24)26-25(28)18-9-12-20(29-2)13-10-18/h4-16H,3H2,1-2H3,(H,26,28). The van der Waals surface area contributed by atoms with Crippen molar-refractivity contribution in [2.45, 2.75) is 6.92 Å². The number of methoxy groups -OCH3 is 1. The molecule has 5 heteroatoms. The minimum absolute atomic E-state index is 0.191. The number of rotatable bonds is 6. The second kappa shape index (κ2) is 8.66. The van der Waals surface area contributed by atoms with Gasteiger partial charge < -0.3 is 14.8 Å². The summed E-state index contributed by atoms with van der Waals surface area (Å²) in [6.45, 7) is 2.49. The Morgan fingerprint density at radius 1 is 0.967 bits per heavy atom. The lowest BCUT2D eigenvalue weighted by Crippen LogP contribution is -2.11. The number of ether oxygens (including phenoxy) is 2. The molecular formula is C25H22N2O3. The number of benzene rings is 3. The SMILES string of the molecule is CCOc1cc(-c2ccccc2)nc2ccc(NC(=O)c3ccc(OC)cc3)cc12. The van der Waals surface area contributed by atoms with E-state index in [0.29, 0.717) is 23.6 Å². The maximum Gasteiger partial charge on any atom is 0.255 e. The highest BCUT2D eigenvalue weighted by atomic mass is 16.5. The first-order chi connectivity index (χ1) is 14.7. The van der Waals surface area contributed by atoms with Crippen LogP contribution in [0.4, 0.5) is 5.69 Å². The topological polar surface area (TPSA) is 60.5 Å². The van der Waals surface area contributed by atoms with E-state index in [1.54, 1.807) is 31.4 Å². The molecule has 3 aromatic carbocycles. The van der Waals surface area contributed by atoms with E-state index >= 15 is 0 Å². The van der Waals surface area contributed by atoms with Gasteiger partial charge in [0.15, 0.2) is 0 Å². The van der Waals surface area contributed by atoms with E-state index in [0.717, 1.165) is 27.9 Å². The van der Waals surface area contributed by atoms with Crippen LogP contribution in [0.15, 0.2) is 78.9 Å². The maximum absolute atomic E-state index is 12.6. The predicted molar refractivity (Wildman–Crippen MR) is 119 cm³/mol. The third kappa shape index (κ3) is 4.10. The van der Waals surface area contributed by atoms with Crippen molar-refractivity contribution >= 4 is 22.5 Å². The molecule has 1 heterocycles. The van der Waals surface area contributed by atoms with Gasteiger partial charge in [-0.3, -0.25) is 4.79 Å². The number of nitrogens with zero attached hydrogens (tertiary/aromatic N) is 1. The number of hydrogen-bond acceptors (Lipinski definition) is 4. The fourth-order valence-corrected chi connectivity index (χ4v) is 3.25. The average Bonchev–Trinajstić information content (AvgIpc) is 2.80. The van der Waals surface area contributed by atoms with Gasteiger partial charge in [-0.25, -0.2) is 4.98 Å². The highest BCUT2D eigenvalue weighted by molar-refractivity contribution is 6.05. The summed E-state index contributed by atoms with van der Waals surface area (Å²) in [5.41, 5.74) is 3.91. The Kier molecular flexibility index (Phi) is 5.61. The summed E-state index contributed by atoms with van der Waals surface area (Å²) in [6, 6.07) is 24.6. The Morgan fingerprint density at radius 2 is 1.73 bits per heavy atom. The number of carbonyl (C=O) groups is 1. The summed E-state index contributed by atoms with van der Waals surface area (Å²) in [5.74, 6) is 1.25. The molecule has 0 bridgehead atoms. The normalized spacial score (nSPS) is 10.6. The molecule has 0 saturated carbocycles. The van der Waals surface area contributed by atoms with E-state index in [-0.39, 0.29) is 5.91 Å². The van der Waals surface area contributed by atoms with Crippen LogP contribution >= 0.6 is 0 Å². The summed E-state index contributed by atoms with van der Waals surface area (Å²) in [6.07, 6.45) is 0. The van der Waals surface area contributed by atoms with Crippen LogP contribution in [0.2, 0.25) is 0 Å². The van der Waals surface area contributed by atoms with Gasteiger partial charge in [0.05, 0.1) is 24.9 Å². The van der Waals surface area contributed by atoms with E-state index < -0.39 is 0 Å². The monoisotopic (exact) mass is 398 g/mol. The second-order valence-corrected chi connectivity index (χ2v) is 6.72. The molecule has 0 fully saturated rings. The van der Waals surface area contributed by atoms with Crippen molar-refractivity contribution in [3.63, 3.8) is 0 Å². The zero-order valence-electron chi connectivity index (χ0n) is 16.9. The molecule has 5 nitrogen and oxygen atoms in total. The van der Waals surface area contributed by atoms with Gasteiger partial charge in [0.25, 0.3) is 5.91 Å². The Bertz CT molecular complexity index is 1170. The lowest BCUT2D eigenvalue weighted by Gasteiger charge is -2.12. The van der Waals surface area contributed by atoms with E-state index in [9.17, 15) is 4.79 Å². The zero-order chi connectivity index (χ0) is 20.9. The Labute approximate surface area is 175 Å². The molecule has 4 aromatic rings. The molecular weight excluding hydrogens is 376 g/mol. The summed E-state index contributed by atoms with van der Waals surface area (Å²) >= 11 is 0. The second-order valence-electron chi connectivity index (χ2n) is 6.72.